The number of imide groups is 1. The zero-order valence-corrected chi connectivity index (χ0v) is 10.4. The maximum absolute atomic E-state index is 13.1. The molecule has 1 aliphatic heterocycles. The maximum Gasteiger partial charge on any atom is 0.246 e. The number of nitrogens with zero attached hydrogens (tertiary/aromatic N) is 1. The predicted octanol–water partition coefficient (Wildman–Crippen LogP) is -0.945. The van der Waals surface area contributed by atoms with Crippen LogP contribution in [0.5, 0.6) is 0 Å². The number of amides is 2. The predicted molar refractivity (Wildman–Crippen MR) is 62.7 cm³/mol. The van der Waals surface area contributed by atoms with Crippen molar-refractivity contribution in [1.29, 1.82) is 0 Å². The highest BCUT2D eigenvalue weighted by Crippen LogP contribution is 2.23. The minimum absolute atomic E-state index is 0.153. The van der Waals surface area contributed by atoms with Crippen LogP contribution in [0, 0.1) is 5.82 Å². The summed E-state index contributed by atoms with van der Waals surface area (Å²) in [5.74, 6) is -2.26. The third-order valence-corrected chi connectivity index (χ3v) is 4.36. The van der Waals surface area contributed by atoms with E-state index in [-0.39, 0.29) is 5.69 Å². The molecule has 2 rings (SSSR count). The third-order valence-electron chi connectivity index (χ3n) is 2.51. The van der Waals surface area contributed by atoms with Crippen LogP contribution in [0.4, 0.5) is 10.1 Å². The van der Waals surface area contributed by atoms with Gasteiger partial charge in [0.2, 0.25) is 21.8 Å². The number of piperazine rings is 1. The molecule has 0 aliphatic carbocycles. The van der Waals surface area contributed by atoms with Gasteiger partial charge in [-0.15, -0.1) is 0 Å². The number of hydrogen-bond acceptors (Lipinski definition) is 5. The first-order valence-electron chi connectivity index (χ1n) is 5.18. The average molecular weight is 287 g/mol. The van der Waals surface area contributed by atoms with E-state index < -0.39 is 45.6 Å². The first-order valence-corrected chi connectivity index (χ1v) is 6.62. The van der Waals surface area contributed by atoms with Crippen molar-refractivity contribution >= 4 is 27.5 Å². The van der Waals surface area contributed by atoms with E-state index in [2.05, 4.69) is 0 Å². The molecule has 2 amide bonds. The molecule has 19 heavy (non-hydrogen) atoms. The molecule has 7 nitrogen and oxygen atoms in total. The number of sulfonamides is 1. The summed E-state index contributed by atoms with van der Waals surface area (Å²) in [6.07, 6.45) is 0. The summed E-state index contributed by atoms with van der Waals surface area (Å²) in [4.78, 5) is 21.9. The van der Waals surface area contributed by atoms with E-state index >= 15 is 0 Å². The van der Waals surface area contributed by atoms with Crippen molar-refractivity contribution < 1.29 is 22.4 Å². The van der Waals surface area contributed by atoms with Crippen molar-refractivity contribution in [3.63, 3.8) is 0 Å². The molecule has 3 N–H and O–H groups in total. The van der Waals surface area contributed by atoms with Gasteiger partial charge in [0, 0.05) is 0 Å². The van der Waals surface area contributed by atoms with Crippen LogP contribution in [0.1, 0.15) is 0 Å². The normalized spacial score (nSPS) is 17.3. The standard InChI is InChI=1S/C10H10FN3O4S/c11-6-1-2-7(12)8(3-6)19(17,18)14-4-9(15)13-10(16)5-14/h1-3H,4-5,12H2,(H,13,15,16). The Bertz CT molecular complexity index is 643. The Hall–Kier alpha value is -2.00. The maximum atomic E-state index is 13.1. The molecule has 0 unspecified atom stereocenters. The van der Waals surface area contributed by atoms with E-state index in [0.29, 0.717) is 4.31 Å². The van der Waals surface area contributed by atoms with Crippen molar-refractivity contribution in [2.24, 2.45) is 0 Å². The number of nitrogen functional groups attached to an aromatic ring is 1. The highest BCUT2D eigenvalue weighted by molar-refractivity contribution is 7.89. The second-order valence-corrected chi connectivity index (χ2v) is 5.83. The Morgan fingerprint density at radius 1 is 1.21 bits per heavy atom. The third kappa shape index (κ3) is 2.56. The second-order valence-electron chi connectivity index (χ2n) is 3.93. The van der Waals surface area contributed by atoms with Gasteiger partial charge in [-0.25, -0.2) is 12.8 Å². The number of carbonyl (C=O) groups excluding carboxylic acids is 2. The molecule has 0 radical (unpaired) electrons. The molecule has 0 atom stereocenters. The zero-order chi connectivity index (χ0) is 14.2. The number of halogens is 1. The molecule has 0 spiro atoms. The number of hydrogen-bond donors (Lipinski definition) is 2. The fourth-order valence-corrected chi connectivity index (χ4v) is 3.13. The lowest BCUT2D eigenvalue weighted by Crippen LogP contribution is -2.53. The minimum atomic E-state index is -4.19. The Labute approximate surface area is 108 Å². The molecule has 1 heterocycles. The smallest absolute Gasteiger partial charge is 0.246 e. The summed E-state index contributed by atoms with van der Waals surface area (Å²) in [7, 11) is -4.19. The molecule has 102 valence electrons. The van der Waals surface area contributed by atoms with E-state index in [0.717, 1.165) is 18.2 Å². The van der Waals surface area contributed by atoms with Crippen LogP contribution in [0.3, 0.4) is 0 Å². The SMILES string of the molecule is Nc1ccc(F)cc1S(=O)(=O)N1CC(=O)NC(=O)C1. The van der Waals surface area contributed by atoms with Gasteiger partial charge >= 0.3 is 0 Å². The molecule has 1 fully saturated rings. The molecule has 0 aromatic heterocycles. The van der Waals surface area contributed by atoms with Gasteiger partial charge in [0.15, 0.2) is 0 Å². The first-order chi connectivity index (χ1) is 8.80. The Balaban J connectivity index is 2.44. The molecule has 9 heteroatoms. The molecule has 1 aromatic carbocycles. The lowest BCUT2D eigenvalue weighted by atomic mass is 10.3. The van der Waals surface area contributed by atoms with E-state index in [9.17, 15) is 22.4 Å². The van der Waals surface area contributed by atoms with Crippen LogP contribution >= 0.6 is 0 Å². The molecule has 1 aromatic rings. The van der Waals surface area contributed by atoms with Gasteiger partial charge in [0.05, 0.1) is 18.8 Å². The van der Waals surface area contributed by atoms with E-state index in [1.165, 1.54) is 0 Å². The topological polar surface area (TPSA) is 110 Å². The van der Waals surface area contributed by atoms with Crippen molar-refractivity contribution in [2.75, 3.05) is 18.8 Å². The molecular formula is C10H10FN3O4S. The second kappa shape index (κ2) is 4.59. The first kappa shape index (κ1) is 13.4. The van der Waals surface area contributed by atoms with Gasteiger partial charge in [-0.05, 0) is 18.2 Å². The highest BCUT2D eigenvalue weighted by Gasteiger charge is 2.34. The molecule has 1 aliphatic rings. The summed E-state index contributed by atoms with van der Waals surface area (Å²) in [5.41, 5.74) is 5.34. The lowest BCUT2D eigenvalue weighted by molar-refractivity contribution is -0.134. The van der Waals surface area contributed by atoms with Crippen molar-refractivity contribution in [3.8, 4) is 0 Å². The number of rotatable bonds is 2. The fraction of sp³-hybridized carbons (Fsp3) is 0.200. The van der Waals surface area contributed by atoms with Gasteiger partial charge in [-0.2, -0.15) is 4.31 Å². The Kier molecular flexibility index (Phi) is 3.25. The van der Waals surface area contributed by atoms with Gasteiger partial charge in [0.1, 0.15) is 10.7 Å². The number of carbonyl (C=O) groups is 2. The Morgan fingerprint density at radius 2 is 1.79 bits per heavy atom. The van der Waals surface area contributed by atoms with Crippen LogP contribution in [-0.2, 0) is 19.6 Å². The van der Waals surface area contributed by atoms with E-state index in [1.807, 2.05) is 5.32 Å². The highest BCUT2D eigenvalue weighted by atomic mass is 32.2. The molecular weight excluding hydrogens is 277 g/mol. The van der Waals surface area contributed by atoms with Gasteiger partial charge < -0.3 is 5.73 Å². The van der Waals surface area contributed by atoms with Crippen LogP contribution in [0.25, 0.3) is 0 Å². The average Bonchev–Trinajstić information content (AvgIpc) is 2.31. The van der Waals surface area contributed by atoms with Crippen molar-refractivity contribution in [2.45, 2.75) is 4.90 Å². The van der Waals surface area contributed by atoms with Crippen molar-refractivity contribution in [3.05, 3.63) is 24.0 Å². The fourth-order valence-electron chi connectivity index (χ4n) is 1.65. The number of anilines is 1. The van der Waals surface area contributed by atoms with Crippen molar-refractivity contribution in [1.82, 2.24) is 9.62 Å². The Morgan fingerprint density at radius 3 is 2.37 bits per heavy atom. The van der Waals surface area contributed by atoms with Gasteiger partial charge in [-0.3, -0.25) is 14.9 Å². The lowest BCUT2D eigenvalue weighted by Gasteiger charge is -2.25. The van der Waals surface area contributed by atoms with E-state index in [4.69, 9.17) is 5.73 Å². The summed E-state index contributed by atoms with van der Waals surface area (Å²) in [6.45, 7) is -1.02. The van der Waals surface area contributed by atoms with Crippen LogP contribution in [0.15, 0.2) is 23.1 Å². The van der Waals surface area contributed by atoms with Gasteiger partial charge in [0.25, 0.3) is 0 Å². The van der Waals surface area contributed by atoms with E-state index in [1.54, 1.807) is 0 Å². The summed E-state index contributed by atoms with van der Waals surface area (Å²) in [5, 5.41) is 1.97. The number of benzene rings is 1. The quantitative estimate of drug-likeness (QED) is 0.538. The van der Waals surface area contributed by atoms with Crippen LogP contribution < -0.4 is 11.1 Å². The molecule has 0 bridgehead atoms. The minimum Gasteiger partial charge on any atom is -0.398 e. The largest absolute Gasteiger partial charge is 0.398 e. The number of nitrogens with one attached hydrogen (secondary N) is 1. The summed E-state index contributed by atoms with van der Waals surface area (Å²) < 4.78 is 38.2. The molecule has 1 saturated heterocycles. The van der Waals surface area contributed by atoms with Crippen LogP contribution in [-0.4, -0.2) is 37.6 Å². The van der Waals surface area contributed by atoms with Crippen LogP contribution in [0.2, 0.25) is 0 Å². The zero-order valence-electron chi connectivity index (χ0n) is 9.59. The summed E-state index contributed by atoms with van der Waals surface area (Å²) >= 11 is 0. The van der Waals surface area contributed by atoms with Gasteiger partial charge in [-0.1, -0.05) is 0 Å². The monoisotopic (exact) mass is 287 g/mol. The number of nitrogens with two attached hydrogens (primary N) is 1. The summed E-state index contributed by atoms with van der Waals surface area (Å²) in [6, 6.07) is 2.87. The molecule has 0 saturated carbocycles.